The van der Waals surface area contributed by atoms with Crippen molar-refractivity contribution < 1.29 is 4.79 Å². The highest BCUT2D eigenvalue weighted by Gasteiger charge is 2.27. The average Bonchev–Trinajstić information content (AvgIpc) is 2.84. The number of carbonyl (C=O) groups is 1. The van der Waals surface area contributed by atoms with Crippen molar-refractivity contribution >= 4 is 22.6 Å². The molecule has 132 valence electrons. The number of fused-ring (bicyclic) bond motifs is 1. The van der Waals surface area contributed by atoms with Crippen LogP contribution in [-0.4, -0.2) is 33.9 Å². The zero-order chi connectivity index (χ0) is 17.9. The quantitative estimate of drug-likeness (QED) is 0.759. The summed E-state index contributed by atoms with van der Waals surface area (Å²) in [7, 11) is 0. The number of nitrogens with zero attached hydrogens (tertiary/aromatic N) is 3. The molecule has 2 heterocycles. The first kappa shape index (κ1) is 16.5. The lowest BCUT2D eigenvalue weighted by Gasteiger charge is -2.28. The number of anilines is 1. The third-order valence-corrected chi connectivity index (χ3v) is 4.75. The Morgan fingerprint density at radius 1 is 1.08 bits per heavy atom. The number of nitrogens with two attached hydrogens (primary N) is 1. The van der Waals surface area contributed by atoms with Crippen LogP contribution in [0, 0.1) is 0 Å². The van der Waals surface area contributed by atoms with Crippen molar-refractivity contribution in [2.75, 3.05) is 18.8 Å². The van der Waals surface area contributed by atoms with Crippen molar-refractivity contribution in [2.45, 2.75) is 19.0 Å². The molecule has 1 atom stereocenters. The third kappa shape index (κ3) is 3.36. The molecule has 1 aliphatic rings. The molecule has 6 heteroatoms. The number of hydrogen-bond donors (Lipinski definition) is 2. The topological polar surface area (TPSA) is 84.1 Å². The lowest BCUT2D eigenvalue weighted by atomic mass is 10.0. The van der Waals surface area contributed by atoms with E-state index >= 15 is 0 Å². The Balaban J connectivity index is 1.67. The van der Waals surface area contributed by atoms with Crippen LogP contribution in [0.25, 0.3) is 10.9 Å². The molecule has 0 radical (unpaired) electrons. The van der Waals surface area contributed by atoms with E-state index in [0.29, 0.717) is 31.2 Å². The van der Waals surface area contributed by atoms with Crippen LogP contribution < -0.4 is 11.1 Å². The molecule has 1 aliphatic heterocycles. The van der Waals surface area contributed by atoms with Gasteiger partial charge in [0.25, 0.3) is 0 Å². The maximum absolute atomic E-state index is 12.1. The molecule has 26 heavy (non-hydrogen) atoms. The molecule has 4 rings (SSSR count). The second-order valence-corrected chi connectivity index (χ2v) is 6.49. The summed E-state index contributed by atoms with van der Waals surface area (Å²) in [5.74, 6) is 1.24. The second kappa shape index (κ2) is 7.09. The predicted molar refractivity (Wildman–Crippen MR) is 101 cm³/mol. The Kier molecular flexibility index (Phi) is 4.50. The summed E-state index contributed by atoms with van der Waals surface area (Å²) < 4.78 is 0. The summed E-state index contributed by atoms with van der Waals surface area (Å²) in [6, 6.07) is 17.8. The number of rotatable bonds is 3. The minimum atomic E-state index is -0.00463. The Hall–Kier alpha value is -2.99. The van der Waals surface area contributed by atoms with Gasteiger partial charge in [0.05, 0.1) is 12.1 Å². The van der Waals surface area contributed by atoms with Crippen LogP contribution in [0.4, 0.5) is 5.82 Å². The van der Waals surface area contributed by atoms with E-state index in [-0.39, 0.29) is 11.9 Å². The molecule has 0 unspecified atom stereocenters. The number of para-hydroxylation sites is 1. The zero-order valence-electron chi connectivity index (χ0n) is 14.4. The first-order valence-electron chi connectivity index (χ1n) is 8.77. The molecule has 3 aromatic rings. The molecule has 6 nitrogen and oxygen atoms in total. The van der Waals surface area contributed by atoms with Crippen LogP contribution >= 0.6 is 0 Å². The van der Waals surface area contributed by atoms with Crippen LogP contribution in [0.3, 0.4) is 0 Å². The van der Waals surface area contributed by atoms with Gasteiger partial charge in [0.2, 0.25) is 5.91 Å². The lowest BCUT2D eigenvalue weighted by molar-refractivity contribution is -0.121. The average molecular weight is 347 g/mol. The standard InChI is InChI=1S/C20H21N5O/c21-20-15-8-4-5-9-16(15)23-18(24-20)13-25-11-10-22-19(26)12-17(25)14-6-2-1-3-7-14/h1-9,17H,10-13H2,(H,22,26)(H2,21,23,24)/t17-/m0/s1. The predicted octanol–water partition coefficient (Wildman–Crippen LogP) is 2.28. The molecule has 0 spiro atoms. The van der Waals surface area contributed by atoms with Crippen LogP contribution in [0.5, 0.6) is 0 Å². The highest BCUT2D eigenvalue weighted by Crippen LogP contribution is 2.27. The van der Waals surface area contributed by atoms with Crippen molar-refractivity contribution in [2.24, 2.45) is 0 Å². The summed E-state index contributed by atoms with van der Waals surface area (Å²) in [5.41, 5.74) is 8.09. The molecule has 0 aliphatic carbocycles. The van der Waals surface area contributed by atoms with Gasteiger partial charge in [-0.15, -0.1) is 0 Å². The van der Waals surface area contributed by atoms with Gasteiger partial charge < -0.3 is 11.1 Å². The molecule has 1 amide bonds. The zero-order valence-corrected chi connectivity index (χ0v) is 14.4. The first-order valence-corrected chi connectivity index (χ1v) is 8.77. The Bertz CT molecular complexity index is 928. The van der Waals surface area contributed by atoms with E-state index in [2.05, 4.69) is 32.3 Å². The second-order valence-electron chi connectivity index (χ2n) is 6.49. The molecule has 2 aromatic carbocycles. The van der Waals surface area contributed by atoms with Crippen LogP contribution in [-0.2, 0) is 11.3 Å². The van der Waals surface area contributed by atoms with Gasteiger partial charge in [-0.1, -0.05) is 42.5 Å². The van der Waals surface area contributed by atoms with E-state index in [1.807, 2.05) is 42.5 Å². The fraction of sp³-hybridized carbons (Fsp3) is 0.250. The number of amides is 1. The van der Waals surface area contributed by atoms with Gasteiger partial charge in [-0.2, -0.15) is 0 Å². The number of benzene rings is 2. The Labute approximate surface area is 152 Å². The summed E-state index contributed by atoms with van der Waals surface area (Å²) in [4.78, 5) is 23.5. The maximum Gasteiger partial charge on any atom is 0.221 e. The van der Waals surface area contributed by atoms with E-state index in [9.17, 15) is 4.79 Å². The minimum Gasteiger partial charge on any atom is -0.383 e. The van der Waals surface area contributed by atoms with E-state index in [1.54, 1.807) is 0 Å². The lowest BCUT2D eigenvalue weighted by Crippen LogP contribution is -2.31. The van der Waals surface area contributed by atoms with E-state index < -0.39 is 0 Å². The molecule has 0 saturated carbocycles. The van der Waals surface area contributed by atoms with Gasteiger partial charge in [0.15, 0.2) is 0 Å². The van der Waals surface area contributed by atoms with E-state index in [4.69, 9.17) is 5.73 Å². The van der Waals surface area contributed by atoms with Gasteiger partial charge in [-0.25, -0.2) is 9.97 Å². The monoisotopic (exact) mass is 347 g/mol. The van der Waals surface area contributed by atoms with Crippen molar-refractivity contribution in [1.82, 2.24) is 20.2 Å². The minimum absolute atomic E-state index is 0.00463. The number of hydrogen-bond acceptors (Lipinski definition) is 5. The van der Waals surface area contributed by atoms with Gasteiger partial charge in [0, 0.05) is 30.9 Å². The maximum atomic E-state index is 12.1. The fourth-order valence-electron chi connectivity index (χ4n) is 3.47. The third-order valence-electron chi connectivity index (χ3n) is 4.75. The Morgan fingerprint density at radius 3 is 2.69 bits per heavy atom. The molecule has 1 saturated heterocycles. The molecule has 1 aromatic heterocycles. The molecule has 3 N–H and O–H groups in total. The SMILES string of the molecule is Nc1nc(CN2CCNC(=O)C[C@H]2c2ccccc2)nc2ccccc12. The van der Waals surface area contributed by atoms with Crippen molar-refractivity contribution in [3.8, 4) is 0 Å². The summed E-state index contributed by atoms with van der Waals surface area (Å²) >= 11 is 0. The normalized spacial score (nSPS) is 18.5. The van der Waals surface area contributed by atoms with Crippen LogP contribution in [0.15, 0.2) is 54.6 Å². The number of nitrogen functional groups attached to an aromatic ring is 1. The molecule has 0 bridgehead atoms. The van der Waals surface area contributed by atoms with Crippen LogP contribution in [0.1, 0.15) is 23.9 Å². The van der Waals surface area contributed by atoms with Crippen LogP contribution in [0.2, 0.25) is 0 Å². The largest absolute Gasteiger partial charge is 0.383 e. The highest BCUT2D eigenvalue weighted by atomic mass is 16.1. The first-order chi connectivity index (χ1) is 12.7. The van der Waals surface area contributed by atoms with Crippen molar-refractivity contribution in [3.05, 3.63) is 66.0 Å². The van der Waals surface area contributed by atoms with Gasteiger partial charge in [-0.05, 0) is 17.7 Å². The summed E-state index contributed by atoms with van der Waals surface area (Å²) in [6.07, 6.45) is 0.424. The fourth-order valence-corrected chi connectivity index (χ4v) is 3.47. The van der Waals surface area contributed by atoms with Crippen molar-refractivity contribution in [3.63, 3.8) is 0 Å². The molecule has 1 fully saturated rings. The number of nitrogens with one attached hydrogen (secondary N) is 1. The summed E-state index contributed by atoms with van der Waals surface area (Å²) in [6.45, 7) is 1.90. The van der Waals surface area contributed by atoms with Crippen molar-refractivity contribution in [1.29, 1.82) is 0 Å². The van der Waals surface area contributed by atoms with Gasteiger partial charge >= 0.3 is 0 Å². The highest BCUT2D eigenvalue weighted by molar-refractivity contribution is 5.87. The molecular formula is C20H21N5O. The van der Waals surface area contributed by atoms with Gasteiger partial charge in [-0.3, -0.25) is 9.69 Å². The van der Waals surface area contributed by atoms with Gasteiger partial charge in [0.1, 0.15) is 11.6 Å². The van der Waals surface area contributed by atoms with E-state index in [1.165, 1.54) is 0 Å². The molecular weight excluding hydrogens is 326 g/mol. The summed E-state index contributed by atoms with van der Waals surface area (Å²) in [5, 5.41) is 3.82. The smallest absolute Gasteiger partial charge is 0.221 e. The number of carbonyl (C=O) groups excluding carboxylic acids is 1. The number of aromatic nitrogens is 2. The Morgan fingerprint density at radius 2 is 1.85 bits per heavy atom. The van der Waals surface area contributed by atoms with E-state index in [0.717, 1.165) is 23.0 Å².